The molecule has 0 radical (unpaired) electrons. The molecule has 1 aliphatic rings. The van der Waals surface area contributed by atoms with Gasteiger partial charge < -0.3 is 5.32 Å². The number of halogens is 6. The number of nitrogens with one attached hydrogen (secondary N) is 1. The summed E-state index contributed by atoms with van der Waals surface area (Å²) < 4.78 is 92.2. The second-order valence-electron chi connectivity index (χ2n) is 8.04. The molecule has 0 aliphatic carbocycles. The Bertz CT molecular complexity index is 1410. The van der Waals surface area contributed by atoms with Crippen molar-refractivity contribution >= 4 is 27.5 Å². The smallest absolute Gasteiger partial charge is 0.349 e. The van der Waals surface area contributed by atoms with Crippen LogP contribution in [0.25, 0.3) is 11.1 Å². The van der Waals surface area contributed by atoms with Crippen molar-refractivity contribution in [3.05, 3.63) is 71.3 Å². The van der Waals surface area contributed by atoms with Crippen LogP contribution >= 0.6 is 11.6 Å². The van der Waals surface area contributed by atoms with Crippen LogP contribution in [0.1, 0.15) is 17.9 Å². The molecular formula is C22H17ClF5N5O3S. The summed E-state index contributed by atoms with van der Waals surface area (Å²) in [5.41, 5.74) is 0.649. The Labute approximate surface area is 212 Å². The highest BCUT2D eigenvalue weighted by Crippen LogP contribution is 2.31. The maximum Gasteiger partial charge on any atom is 0.451 e. The third kappa shape index (κ3) is 5.86. The standard InChI is InChI=1S/C22H17ClF5N5O3S/c23-18-10-29-15(6-17(18)12-7-31-21(32-8-12)22(26,27)28)9-30-20(34)19-5-14(25)11-33(19)37(35,36)16-3-1-13(24)2-4-16/h1-4,6-8,10,14,19H,5,9,11H2,(H,30,34)/t14-,19+/m1/s1. The van der Waals surface area contributed by atoms with Crippen LogP contribution in [-0.4, -0.2) is 52.3 Å². The number of hydrogen-bond acceptors (Lipinski definition) is 6. The lowest BCUT2D eigenvalue weighted by Crippen LogP contribution is -2.45. The Hall–Kier alpha value is -3.23. The Balaban J connectivity index is 1.50. The number of carbonyl (C=O) groups is 1. The number of nitrogens with zero attached hydrogens (tertiary/aromatic N) is 4. The molecule has 1 fully saturated rings. The Morgan fingerprint density at radius 3 is 2.38 bits per heavy atom. The quantitative estimate of drug-likeness (QED) is 0.460. The summed E-state index contributed by atoms with van der Waals surface area (Å²) in [4.78, 5) is 23.2. The first-order valence-corrected chi connectivity index (χ1v) is 12.4. The van der Waals surface area contributed by atoms with E-state index in [4.69, 9.17) is 11.6 Å². The summed E-state index contributed by atoms with van der Waals surface area (Å²) in [7, 11) is -4.29. The van der Waals surface area contributed by atoms with Gasteiger partial charge in [-0.2, -0.15) is 17.5 Å². The van der Waals surface area contributed by atoms with Crippen LogP contribution in [0.2, 0.25) is 5.02 Å². The summed E-state index contributed by atoms with van der Waals surface area (Å²) in [6.45, 7) is -0.766. The van der Waals surface area contributed by atoms with Crippen molar-refractivity contribution in [1.82, 2.24) is 24.6 Å². The zero-order chi connectivity index (χ0) is 27.0. The van der Waals surface area contributed by atoms with Gasteiger partial charge in [-0.1, -0.05) is 11.6 Å². The Morgan fingerprint density at radius 1 is 1.11 bits per heavy atom. The number of carbonyl (C=O) groups excluding carboxylic acids is 1. The molecule has 37 heavy (non-hydrogen) atoms. The summed E-state index contributed by atoms with van der Waals surface area (Å²) in [6, 6.07) is 3.96. The number of hydrogen-bond donors (Lipinski definition) is 1. The van der Waals surface area contributed by atoms with E-state index in [0.29, 0.717) is 0 Å². The minimum Gasteiger partial charge on any atom is -0.349 e. The van der Waals surface area contributed by atoms with Crippen LogP contribution in [0.3, 0.4) is 0 Å². The van der Waals surface area contributed by atoms with Crippen molar-refractivity contribution in [3.63, 3.8) is 0 Å². The molecule has 2 atom stereocenters. The van der Waals surface area contributed by atoms with Gasteiger partial charge in [0.05, 0.1) is 22.2 Å². The molecule has 15 heteroatoms. The molecule has 0 bridgehead atoms. The predicted molar refractivity (Wildman–Crippen MR) is 121 cm³/mol. The summed E-state index contributed by atoms with van der Waals surface area (Å²) >= 11 is 6.11. The lowest BCUT2D eigenvalue weighted by atomic mass is 10.1. The first kappa shape index (κ1) is 26.8. The SMILES string of the molecule is O=C(NCc1cc(-c2cnc(C(F)(F)F)nc2)c(Cl)cn1)[C@@H]1C[C@@H](F)CN1S(=O)(=O)c1ccc(F)cc1. The predicted octanol–water partition coefficient (Wildman–Crippen LogP) is 3.77. The van der Waals surface area contributed by atoms with E-state index in [1.807, 2.05) is 0 Å². The van der Waals surface area contributed by atoms with E-state index in [0.717, 1.165) is 41.0 Å². The fourth-order valence-corrected chi connectivity index (χ4v) is 5.55. The number of alkyl halides is 4. The fraction of sp³-hybridized carbons (Fsp3) is 0.273. The molecule has 3 aromatic rings. The molecule has 1 amide bonds. The normalized spacial score (nSPS) is 18.6. The van der Waals surface area contributed by atoms with E-state index in [1.165, 1.54) is 12.3 Å². The average Bonchev–Trinajstić information content (AvgIpc) is 3.26. The molecule has 1 aliphatic heterocycles. The lowest BCUT2D eigenvalue weighted by Gasteiger charge is -2.23. The zero-order valence-electron chi connectivity index (χ0n) is 18.6. The van der Waals surface area contributed by atoms with Crippen LogP contribution in [0, 0.1) is 5.82 Å². The topological polar surface area (TPSA) is 105 Å². The van der Waals surface area contributed by atoms with Gasteiger partial charge in [-0.15, -0.1) is 0 Å². The second-order valence-corrected chi connectivity index (χ2v) is 10.3. The highest BCUT2D eigenvalue weighted by atomic mass is 35.5. The van der Waals surface area contributed by atoms with E-state index in [2.05, 4.69) is 20.3 Å². The Morgan fingerprint density at radius 2 is 1.76 bits per heavy atom. The van der Waals surface area contributed by atoms with Gasteiger partial charge in [-0.3, -0.25) is 9.78 Å². The molecular weight excluding hydrogens is 545 g/mol. The molecule has 2 aromatic heterocycles. The second kappa shape index (κ2) is 10.3. The number of sulfonamides is 1. The minimum absolute atomic E-state index is 0.0889. The molecule has 0 saturated carbocycles. The first-order valence-electron chi connectivity index (χ1n) is 10.6. The summed E-state index contributed by atoms with van der Waals surface area (Å²) in [6.07, 6.45) is -3.59. The van der Waals surface area contributed by atoms with Gasteiger partial charge in [0.15, 0.2) is 0 Å². The van der Waals surface area contributed by atoms with Crippen LogP contribution in [0.4, 0.5) is 22.0 Å². The van der Waals surface area contributed by atoms with Crippen LogP contribution in [0.15, 0.2) is 53.8 Å². The van der Waals surface area contributed by atoms with E-state index >= 15 is 0 Å². The van der Waals surface area contributed by atoms with Gasteiger partial charge in [0, 0.05) is 42.7 Å². The van der Waals surface area contributed by atoms with E-state index in [9.17, 15) is 35.2 Å². The first-order chi connectivity index (χ1) is 17.4. The van der Waals surface area contributed by atoms with Crippen molar-refractivity contribution in [3.8, 4) is 11.1 Å². The summed E-state index contributed by atoms with van der Waals surface area (Å²) in [5, 5.41) is 2.58. The number of benzene rings is 1. The van der Waals surface area contributed by atoms with Crippen LogP contribution in [-0.2, 0) is 27.5 Å². The number of aromatic nitrogens is 3. The van der Waals surface area contributed by atoms with Crippen LogP contribution < -0.4 is 5.32 Å². The highest BCUT2D eigenvalue weighted by molar-refractivity contribution is 7.89. The maximum absolute atomic E-state index is 14.2. The molecule has 0 spiro atoms. The van der Waals surface area contributed by atoms with Gasteiger partial charge in [0.25, 0.3) is 0 Å². The van der Waals surface area contributed by atoms with Crippen molar-refractivity contribution in [2.45, 2.75) is 36.3 Å². The molecule has 1 N–H and O–H groups in total. The molecule has 8 nitrogen and oxygen atoms in total. The lowest BCUT2D eigenvalue weighted by molar-refractivity contribution is -0.145. The van der Waals surface area contributed by atoms with Gasteiger partial charge in [-0.25, -0.2) is 27.2 Å². The molecule has 196 valence electrons. The number of amides is 1. The van der Waals surface area contributed by atoms with E-state index < -0.39 is 52.5 Å². The monoisotopic (exact) mass is 561 g/mol. The third-order valence-electron chi connectivity index (χ3n) is 5.50. The van der Waals surface area contributed by atoms with E-state index in [-0.39, 0.29) is 39.7 Å². The molecule has 0 unspecified atom stereocenters. The van der Waals surface area contributed by atoms with Gasteiger partial charge in [-0.05, 0) is 30.3 Å². The van der Waals surface area contributed by atoms with Crippen molar-refractivity contribution in [2.75, 3.05) is 6.54 Å². The maximum atomic E-state index is 14.2. The fourth-order valence-electron chi connectivity index (χ4n) is 3.71. The van der Waals surface area contributed by atoms with Crippen molar-refractivity contribution < 1.29 is 35.2 Å². The number of pyridine rings is 1. The van der Waals surface area contributed by atoms with Crippen LogP contribution in [0.5, 0.6) is 0 Å². The Kier molecular flexibility index (Phi) is 7.44. The van der Waals surface area contributed by atoms with Gasteiger partial charge >= 0.3 is 6.18 Å². The molecule has 4 rings (SSSR count). The average molecular weight is 562 g/mol. The van der Waals surface area contributed by atoms with Gasteiger partial charge in [0.1, 0.15) is 18.0 Å². The zero-order valence-corrected chi connectivity index (χ0v) is 20.2. The number of rotatable bonds is 6. The largest absolute Gasteiger partial charge is 0.451 e. The van der Waals surface area contributed by atoms with Gasteiger partial charge in [0.2, 0.25) is 21.8 Å². The highest BCUT2D eigenvalue weighted by Gasteiger charge is 2.44. The summed E-state index contributed by atoms with van der Waals surface area (Å²) in [5.74, 6) is -2.77. The minimum atomic E-state index is -4.72. The van der Waals surface area contributed by atoms with E-state index in [1.54, 1.807) is 0 Å². The van der Waals surface area contributed by atoms with Crippen molar-refractivity contribution in [2.24, 2.45) is 0 Å². The molecule has 1 saturated heterocycles. The molecule has 1 aromatic carbocycles. The van der Waals surface area contributed by atoms with Crippen molar-refractivity contribution in [1.29, 1.82) is 0 Å². The third-order valence-corrected chi connectivity index (χ3v) is 7.69. The molecule has 3 heterocycles.